The molecule has 0 heterocycles. The molecule has 12 N–H and O–H groups in total. The summed E-state index contributed by atoms with van der Waals surface area (Å²) in [6, 6.07) is -5.16. The molecule has 190 valence electrons. The number of rotatable bonds is 16. The van der Waals surface area contributed by atoms with Gasteiger partial charge in [-0.25, -0.2) is 4.79 Å². The van der Waals surface area contributed by atoms with E-state index < -0.39 is 60.6 Å². The Labute approximate surface area is 196 Å². The van der Waals surface area contributed by atoms with Crippen molar-refractivity contribution in [2.24, 2.45) is 22.2 Å². The first kappa shape index (κ1) is 30.4. The molecule has 15 heteroatoms. The van der Waals surface area contributed by atoms with E-state index in [1.807, 2.05) is 0 Å². The first-order chi connectivity index (χ1) is 15.4. The standard InChI is InChI=1S/C18H35N7O7S/c1-9(27)13(16(30)24-12(17(31)32)5-7-33-2)25-15(29)11(4-3-6-22-18(20)21)23-14(28)10(19)8-26/h9-13,26-27H,3-8,19H2,1-2H3,(H,23,28)(H,24,30)(H,25,29)(H,31,32)(H4,20,21,22). The summed E-state index contributed by atoms with van der Waals surface area (Å²) < 4.78 is 0. The van der Waals surface area contributed by atoms with Gasteiger partial charge in [0.25, 0.3) is 0 Å². The Kier molecular flexibility index (Phi) is 14.8. The topological polar surface area (TPSA) is 255 Å². The number of carboxylic acid groups (broad SMARTS) is 1. The van der Waals surface area contributed by atoms with Gasteiger partial charge in [-0.2, -0.15) is 11.8 Å². The lowest BCUT2D eigenvalue weighted by Crippen LogP contribution is -2.60. The van der Waals surface area contributed by atoms with Crippen LogP contribution in [0.1, 0.15) is 26.2 Å². The van der Waals surface area contributed by atoms with Gasteiger partial charge in [-0.15, -0.1) is 0 Å². The van der Waals surface area contributed by atoms with Crippen LogP contribution in [0.4, 0.5) is 0 Å². The summed E-state index contributed by atoms with van der Waals surface area (Å²) in [5, 5.41) is 35.3. The van der Waals surface area contributed by atoms with Gasteiger partial charge in [0.05, 0.1) is 12.7 Å². The number of aliphatic hydroxyl groups excluding tert-OH is 2. The van der Waals surface area contributed by atoms with Crippen LogP contribution in [0.3, 0.4) is 0 Å². The number of nitrogens with two attached hydrogens (primary N) is 3. The number of carbonyl (C=O) groups is 4. The van der Waals surface area contributed by atoms with E-state index in [9.17, 15) is 29.4 Å². The molecular formula is C18H35N7O7S. The molecule has 33 heavy (non-hydrogen) atoms. The Balaban J connectivity index is 5.40. The second-order valence-electron chi connectivity index (χ2n) is 7.21. The number of thioether (sulfide) groups is 1. The quantitative estimate of drug-likeness (QED) is 0.0569. The number of amides is 3. The van der Waals surface area contributed by atoms with E-state index in [2.05, 4.69) is 20.9 Å². The van der Waals surface area contributed by atoms with Crippen LogP contribution in [0, 0.1) is 0 Å². The molecular weight excluding hydrogens is 458 g/mol. The van der Waals surface area contributed by atoms with Crippen LogP contribution in [0.5, 0.6) is 0 Å². The highest BCUT2D eigenvalue weighted by molar-refractivity contribution is 7.98. The number of aliphatic imine (C=N–C) groups is 1. The molecule has 0 aliphatic rings. The molecule has 0 aromatic rings. The van der Waals surface area contributed by atoms with Crippen LogP contribution in [0.2, 0.25) is 0 Å². The van der Waals surface area contributed by atoms with Crippen LogP contribution in [0.15, 0.2) is 4.99 Å². The third-order valence-corrected chi connectivity index (χ3v) is 5.04. The summed E-state index contributed by atoms with van der Waals surface area (Å²) in [4.78, 5) is 52.6. The lowest BCUT2D eigenvalue weighted by atomic mass is 10.1. The molecule has 5 unspecified atom stereocenters. The number of carboxylic acids is 1. The predicted octanol–water partition coefficient (Wildman–Crippen LogP) is -3.97. The first-order valence-corrected chi connectivity index (χ1v) is 11.6. The predicted molar refractivity (Wildman–Crippen MR) is 123 cm³/mol. The van der Waals surface area contributed by atoms with Gasteiger partial charge in [0, 0.05) is 6.54 Å². The largest absolute Gasteiger partial charge is 0.480 e. The second-order valence-corrected chi connectivity index (χ2v) is 8.19. The van der Waals surface area contributed by atoms with Gasteiger partial charge in [-0.05, 0) is 38.2 Å². The van der Waals surface area contributed by atoms with Gasteiger partial charge in [0.1, 0.15) is 24.2 Å². The van der Waals surface area contributed by atoms with Crippen molar-refractivity contribution in [1.29, 1.82) is 0 Å². The fourth-order valence-corrected chi connectivity index (χ4v) is 3.02. The van der Waals surface area contributed by atoms with Crippen molar-refractivity contribution >= 4 is 41.4 Å². The van der Waals surface area contributed by atoms with E-state index in [-0.39, 0.29) is 31.8 Å². The van der Waals surface area contributed by atoms with Crippen molar-refractivity contribution in [3.63, 3.8) is 0 Å². The zero-order valence-corrected chi connectivity index (χ0v) is 19.5. The highest BCUT2D eigenvalue weighted by atomic mass is 32.2. The minimum absolute atomic E-state index is 0.0477. The van der Waals surface area contributed by atoms with Crippen molar-refractivity contribution in [3.8, 4) is 0 Å². The molecule has 0 fully saturated rings. The van der Waals surface area contributed by atoms with Gasteiger partial charge in [-0.3, -0.25) is 19.4 Å². The molecule has 0 saturated heterocycles. The third-order valence-electron chi connectivity index (χ3n) is 4.40. The van der Waals surface area contributed by atoms with E-state index in [1.165, 1.54) is 18.7 Å². The van der Waals surface area contributed by atoms with Gasteiger partial charge in [-0.1, -0.05) is 0 Å². The Hall–Kier alpha value is -2.62. The first-order valence-electron chi connectivity index (χ1n) is 10.2. The van der Waals surface area contributed by atoms with Crippen LogP contribution in [-0.4, -0.2) is 100 Å². The number of nitrogens with one attached hydrogen (secondary N) is 3. The molecule has 3 amide bonds. The molecule has 0 saturated carbocycles. The molecule has 0 radical (unpaired) electrons. The minimum atomic E-state index is -1.49. The van der Waals surface area contributed by atoms with Crippen molar-refractivity contribution in [3.05, 3.63) is 0 Å². The average molecular weight is 494 g/mol. The Morgan fingerprint density at radius 1 is 1.00 bits per heavy atom. The monoisotopic (exact) mass is 493 g/mol. The molecule has 0 spiro atoms. The molecule has 0 aromatic heterocycles. The molecule has 0 aliphatic heterocycles. The Morgan fingerprint density at radius 3 is 2.09 bits per heavy atom. The number of nitrogens with zero attached hydrogens (tertiary/aromatic N) is 1. The fraction of sp³-hybridized carbons (Fsp3) is 0.722. The lowest BCUT2D eigenvalue weighted by molar-refractivity contribution is -0.143. The maximum Gasteiger partial charge on any atom is 0.326 e. The fourth-order valence-electron chi connectivity index (χ4n) is 2.55. The Morgan fingerprint density at radius 2 is 1.61 bits per heavy atom. The summed E-state index contributed by atoms with van der Waals surface area (Å²) in [5.74, 6) is -3.46. The lowest BCUT2D eigenvalue weighted by Gasteiger charge is -2.26. The minimum Gasteiger partial charge on any atom is -0.480 e. The second kappa shape index (κ2) is 16.1. The van der Waals surface area contributed by atoms with Crippen molar-refractivity contribution in [1.82, 2.24) is 16.0 Å². The van der Waals surface area contributed by atoms with Gasteiger partial charge in [0.2, 0.25) is 17.7 Å². The molecule has 14 nitrogen and oxygen atoms in total. The Bertz CT molecular complexity index is 689. The van der Waals surface area contributed by atoms with Crippen LogP contribution >= 0.6 is 11.8 Å². The van der Waals surface area contributed by atoms with E-state index >= 15 is 0 Å². The van der Waals surface area contributed by atoms with Crippen molar-refractivity contribution in [2.45, 2.75) is 56.5 Å². The number of hydrogen-bond donors (Lipinski definition) is 9. The molecule has 0 bridgehead atoms. The smallest absolute Gasteiger partial charge is 0.326 e. The maximum atomic E-state index is 12.8. The van der Waals surface area contributed by atoms with Crippen LogP contribution in [0.25, 0.3) is 0 Å². The number of aliphatic carboxylic acids is 1. The summed E-state index contributed by atoms with van der Waals surface area (Å²) in [6.07, 6.45) is 0.870. The van der Waals surface area contributed by atoms with E-state index in [1.54, 1.807) is 6.26 Å². The van der Waals surface area contributed by atoms with Crippen LogP contribution < -0.4 is 33.2 Å². The van der Waals surface area contributed by atoms with Gasteiger partial charge < -0.3 is 48.5 Å². The third kappa shape index (κ3) is 12.3. The summed E-state index contributed by atoms with van der Waals surface area (Å²) in [6.45, 7) is 0.750. The van der Waals surface area contributed by atoms with E-state index in [0.717, 1.165) is 0 Å². The van der Waals surface area contributed by atoms with Gasteiger partial charge in [0.15, 0.2) is 5.96 Å². The van der Waals surface area contributed by atoms with Crippen LogP contribution in [-0.2, 0) is 19.2 Å². The number of carbonyl (C=O) groups excluding carboxylic acids is 3. The summed E-state index contributed by atoms with van der Waals surface area (Å²) in [7, 11) is 0. The molecule has 0 rings (SSSR count). The van der Waals surface area contributed by atoms with Gasteiger partial charge >= 0.3 is 5.97 Å². The molecule has 0 aliphatic carbocycles. The van der Waals surface area contributed by atoms with E-state index in [0.29, 0.717) is 5.75 Å². The number of hydrogen-bond acceptors (Lipinski definition) is 9. The summed E-state index contributed by atoms with van der Waals surface area (Å²) >= 11 is 1.40. The highest BCUT2D eigenvalue weighted by Gasteiger charge is 2.32. The van der Waals surface area contributed by atoms with E-state index in [4.69, 9.17) is 22.3 Å². The number of aliphatic hydroxyl groups is 2. The molecule has 0 aromatic carbocycles. The number of guanidine groups is 1. The molecule has 5 atom stereocenters. The van der Waals surface area contributed by atoms with Crippen molar-refractivity contribution < 1.29 is 34.5 Å². The maximum absolute atomic E-state index is 12.8. The SMILES string of the molecule is CSCCC(NC(=O)C(NC(=O)C(CCCN=C(N)N)NC(=O)C(N)CO)C(C)O)C(=O)O. The highest BCUT2D eigenvalue weighted by Crippen LogP contribution is 2.05. The summed E-state index contributed by atoms with van der Waals surface area (Å²) in [5.41, 5.74) is 16.0. The zero-order valence-electron chi connectivity index (χ0n) is 18.7. The average Bonchev–Trinajstić information content (AvgIpc) is 2.75. The normalized spacial score (nSPS) is 15.3. The van der Waals surface area contributed by atoms with Crippen molar-refractivity contribution in [2.75, 3.05) is 25.2 Å². The zero-order chi connectivity index (χ0) is 25.6.